The number of amides is 1. The number of aromatic amines is 1. The van der Waals surface area contributed by atoms with Crippen molar-refractivity contribution in [3.05, 3.63) is 92.4 Å². The van der Waals surface area contributed by atoms with Crippen LogP contribution in [-0.2, 0) is 5.54 Å². The molecule has 3 aromatic rings. The van der Waals surface area contributed by atoms with Gasteiger partial charge in [-0.05, 0) is 42.3 Å². The zero-order valence-electron chi connectivity index (χ0n) is 15.5. The van der Waals surface area contributed by atoms with Gasteiger partial charge in [0, 0.05) is 18.7 Å². The molecule has 1 amide bonds. The highest BCUT2D eigenvalue weighted by atomic mass is 35.5. The third-order valence-corrected chi connectivity index (χ3v) is 5.21. The standard InChI is InChI=1S/C21H17ClFN3O3/c1-12-2-4-14(10-15(12)23)21(26-20(28)13-3-7-18(27)24-11-13)8-9-29-16-5-6-17(22)25-19(16)21/h2-7,10-11H,8-9H2,1H3,(H,24,27)(H,26,28)/t21-/m0/s1. The van der Waals surface area contributed by atoms with Crippen LogP contribution >= 0.6 is 11.6 Å². The predicted octanol–water partition coefficient (Wildman–Crippen LogP) is 3.33. The molecule has 0 saturated carbocycles. The molecule has 1 atom stereocenters. The van der Waals surface area contributed by atoms with Gasteiger partial charge in [-0.2, -0.15) is 0 Å². The SMILES string of the molecule is Cc1ccc([C@@]2(NC(=O)c3ccc(=O)[nH]c3)CCOc3ccc(Cl)nc32)cc1F. The number of rotatable bonds is 3. The second-order valence-corrected chi connectivity index (χ2v) is 7.23. The van der Waals surface area contributed by atoms with Gasteiger partial charge in [0.1, 0.15) is 28.0 Å². The molecule has 6 nitrogen and oxygen atoms in total. The summed E-state index contributed by atoms with van der Waals surface area (Å²) in [5, 5.41) is 3.21. The number of hydrogen-bond donors (Lipinski definition) is 2. The molecule has 0 unspecified atom stereocenters. The molecular formula is C21H17ClFN3O3. The van der Waals surface area contributed by atoms with Crippen LogP contribution in [0.5, 0.6) is 5.75 Å². The van der Waals surface area contributed by atoms with Crippen molar-refractivity contribution < 1.29 is 13.9 Å². The second-order valence-electron chi connectivity index (χ2n) is 6.84. The first-order valence-electron chi connectivity index (χ1n) is 8.97. The van der Waals surface area contributed by atoms with Crippen molar-refractivity contribution >= 4 is 17.5 Å². The van der Waals surface area contributed by atoms with Crippen LogP contribution in [0.25, 0.3) is 0 Å². The molecule has 1 aliphatic rings. The van der Waals surface area contributed by atoms with Gasteiger partial charge in [0.2, 0.25) is 5.56 Å². The molecule has 0 radical (unpaired) electrons. The topological polar surface area (TPSA) is 84.1 Å². The van der Waals surface area contributed by atoms with Gasteiger partial charge in [-0.25, -0.2) is 9.37 Å². The van der Waals surface area contributed by atoms with Crippen molar-refractivity contribution in [2.45, 2.75) is 18.9 Å². The largest absolute Gasteiger partial charge is 0.491 e. The number of hydrogen-bond acceptors (Lipinski definition) is 4. The van der Waals surface area contributed by atoms with E-state index in [0.29, 0.717) is 29.0 Å². The number of ether oxygens (including phenoxy) is 1. The van der Waals surface area contributed by atoms with Crippen LogP contribution in [0.4, 0.5) is 4.39 Å². The molecule has 148 valence electrons. The Bertz CT molecular complexity index is 1140. The van der Waals surface area contributed by atoms with E-state index in [2.05, 4.69) is 15.3 Å². The summed E-state index contributed by atoms with van der Waals surface area (Å²) in [5.41, 5.74) is 0.200. The number of carbonyl (C=O) groups excluding carboxylic acids is 1. The van der Waals surface area contributed by atoms with E-state index in [1.807, 2.05) is 0 Å². The van der Waals surface area contributed by atoms with Crippen LogP contribution in [0.15, 0.2) is 53.5 Å². The van der Waals surface area contributed by atoms with E-state index in [1.165, 1.54) is 24.4 Å². The number of halogens is 2. The maximum Gasteiger partial charge on any atom is 0.253 e. The van der Waals surface area contributed by atoms with Crippen LogP contribution < -0.4 is 15.6 Å². The average Bonchev–Trinajstić information content (AvgIpc) is 2.71. The molecule has 2 N–H and O–H groups in total. The lowest BCUT2D eigenvalue weighted by molar-refractivity contribution is 0.0883. The first-order valence-corrected chi connectivity index (χ1v) is 9.34. The van der Waals surface area contributed by atoms with E-state index in [0.717, 1.165) is 0 Å². The van der Waals surface area contributed by atoms with Crippen LogP contribution in [-0.4, -0.2) is 22.5 Å². The Labute approximate surface area is 170 Å². The Balaban J connectivity index is 1.88. The summed E-state index contributed by atoms with van der Waals surface area (Å²) in [5.74, 6) is -0.379. The highest BCUT2D eigenvalue weighted by Gasteiger charge is 2.43. The molecule has 0 bridgehead atoms. The molecule has 4 rings (SSSR count). The van der Waals surface area contributed by atoms with Gasteiger partial charge >= 0.3 is 0 Å². The molecule has 29 heavy (non-hydrogen) atoms. The molecule has 0 saturated heterocycles. The van der Waals surface area contributed by atoms with Gasteiger partial charge in [0.05, 0.1) is 12.2 Å². The summed E-state index contributed by atoms with van der Waals surface area (Å²) in [7, 11) is 0. The maximum absolute atomic E-state index is 14.4. The molecular weight excluding hydrogens is 397 g/mol. The van der Waals surface area contributed by atoms with Gasteiger partial charge in [-0.3, -0.25) is 9.59 Å². The molecule has 0 aliphatic carbocycles. The zero-order chi connectivity index (χ0) is 20.6. The predicted molar refractivity (Wildman–Crippen MR) is 106 cm³/mol. The fraction of sp³-hybridized carbons (Fsp3) is 0.190. The van der Waals surface area contributed by atoms with Gasteiger partial charge in [0.15, 0.2) is 0 Å². The fourth-order valence-corrected chi connectivity index (χ4v) is 3.58. The molecule has 8 heteroatoms. The monoisotopic (exact) mass is 413 g/mol. The quantitative estimate of drug-likeness (QED) is 0.645. The summed E-state index contributed by atoms with van der Waals surface area (Å²) >= 11 is 6.13. The van der Waals surface area contributed by atoms with Crippen molar-refractivity contribution in [1.29, 1.82) is 0 Å². The van der Waals surface area contributed by atoms with Crippen LogP contribution in [0.2, 0.25) is 5.15 Å². The van der Waals surface area contributed by atoms with E-state index >= 15 is 0 Å². The fourth-order valence-electron chi connectivity index (χ4n) is 3.43. The number of nitrogens with one attached hydrogen (secondary N) is 2. The summed E-state index contributed by atoms with van der Waals surface area (Å²) < 4.78 is 20.1. The highest BCUT2D eigenvalue weighted by molar-refractivity contribution is 6.29. The number of benzene rings is 1. The van der Waals surface area contributed by atoms with Gasteiger partial charge in [-0.1, -0.05) is 23.7 Å². The Morgan fingerprint density at radius 3 is 2.83 bits per heavy atom. The molecule has 0 spiro atoms. The Kier molecular flexibility index (Phi) is 4.84. The van der Waals surface area contributed by atoms with Gasteiger partial charge in [-0.15, -0.1) is 0 Å². The Morgan fingerprint density at radius 1 is 1.28 bits per heavy atom. The summed E-state index contributed by atoms with van der Waals surface area (Å²) in [6.07, 6.45) is 1.65. The lowest BCUT2D eigenvalue weighted by Gasteiger charge is -2.39. The van der Waals surface area contributed by atoms with Crippen LogP contribution in [0.1, 0.15) is 33.6 Å². The average molecular weight is 414 g/mol. The number of fused-ring (bicyclic) bond motifs is 1. The Hall–Kier alpha value is -3.19. The number of pyridine rings is 2. The zero-order valence-corrected chi connectivity index (χ0v) is 16.2. The molecule has 2 aromatic heterocycles. The Morgan fingerprint density at radius 2 is 2.10 bits per heavy atom. The smallest absolute Gasteiger partial charge is 0.253 e. The summed E-state index contributed by atoms with van der Waals surface area (Å²) in [6.45, 7) is 1.95. The second kappa shape index (κ2) is 7.33. The maximum atomic E-state index is 14.4. The number of carbonyl (C=O) groups is 1. The third kappa shape index (κ3) is 3.49. The van der Waals surface area contributed by atoms with Crippen molar-refractivity contribution in [3.8, 4) is 5.75 Å². The van der Waals surface area contributed by atoms with Crippen molar-refractivity contribution in [1.82, 2.24) is 15.3 Å². The van der Waals surface area contributed by atoms with Crippen LogP contribution in [0.3, 0.4) is 0 Å². The number of H-pyrrole nitrogens is 1. The van der Waals surface area contributed by atoms with Gasteiger partial charge < -0.3 is 15.0 Å². The molecule has 1 aliphatic heterocycles. The van der Waals surface area contributed by atoms with Gasteiger partial charge in [0.25, 0.3) is 5.91 Å². The number of nitrogens with zero attached hydrogens (tertiary/aromatic N) is 1. The minimum atomic E-state index is -1.15. The summed E-state index contributed by atoms with van der Waals surface area (Å²) in [6, 6.07) is 10.7. The lowest BCUT2D eigenvalue weighted by Crippen LogP contribution is -2.50. The minimum Gasteiger partial charge on any atom is -0.491 e. The normalized spacial score (nSPS) is 17.9. The van der Waals surface area contributed by atoms with E-state index in [4.69, 9.17) is 16.3 Å². The third-order valence-electron chi connectivity index (χ3n) is 5.00. The molecule has 1 aromatic carbocycles. The summed E-state index contributed by atoms with van der Waals surface area (Å²) in [4.78, 5) is 31.2. The van der Waals surface area contributed by atoms with Crippen molar-refractivity contribution in [3.63, 3.8) is 0 Å². The lowest BCUT2D eigenvalue weighted by atomic mass is 9.80. The van der Waals surface area contributed by atoms with E-state index in [9.17, 15) is 14.0 Å². The molecule has 0 fully saturated rings. The highest BCUT2D eigenvalue weighted by Crippen LogP contribution is 2.41. The molecule has 3 heterocycles. The van der Waals surface area contributed by atoms with Crippen LogP contribution in [0, 0.1) is 12.7 Å². The van der Waals surface area contributed by atoms with E-state index in [1.54, 1.807) is 31.2 Å². The minimum absolute atomic E-state index is 0.226. The first kappa shape index (κ1) is 19.1. The van der Waals surface area contributed by atoms with Crippen molar-refractivity contribution in [2.75, 3.05) is 6.61 Å². The van der Waals surface area contributed by atoms with E-state index < -0.39 is 17.3 Å². The van der Waals surface area contributed by atoms with Crippen molar-refractivity contribution in [2.24, 2.45) is 0 Å². The first-order chi connectivity index (χ1) is 13.9. The number of aryl methyl sites for hydroxylation is 1. The number of aromatic nitrogens is 2. The van der Waals surface area contributed by atoms with E-state index in [-0.39, 0.29) is 22.9 Å².